The maximum Gasteiger partial charge on any atom is 0.325 e. The summed E-state index contributed by atoms with van der Waals surface area (Å²) >= 11 is 0. The highest BCUT2D eigenvalue weighted by Gasteiger charge is 2.09. The number of amides is 1. The Morgan fingerprint density at radius 3 is 2.85 bits per heavy atom. The molecular formula is C9H10N2O2. The number of nitrogens with zero attached hydrogens (tertiary/aromatic N) is 2. The number of carbonyl (C=O) groups is 1. The summed E-state index contributed by atoms with van der Waals surface area (Å²) in [5.74, 6) is 0.922. The minimum absolute atomic E-state index is 0.334. The van der Waals surface area contributed by atoms with Gasteiger partial charge in [0.05, 0.1) is 6.54 Å². The molecule has 0 saturated carbocycles. The van der Waals surface area contributed by atoms with Crippen LogP contribution in [0.3, 0.4) is 0 Å². The molecule has 0 spiro atoms. The van der Waals surface area contributed by atoms with Gasteiger partial charge in [-0.3, -0.25) is 4.79 Å². The Hall–Kier alpha value is -1.76. The lowest BCUT2D eigenvalue weighted by atomic mass is 10.4. The molecule has 1 aromatic rings. The van der Waals surface area contributed by atoms with Gasteiger partial charge in [-0.05, 0) is 19.1 Å². The van der Waals surface area contributed by atoms with Crippen molar-refractivity contribution in [2.24, 2.45) is 0 Å². The lowest BCUT2D eigenvalue weighted by Gasteiger charge is -2.09. The van der Waals surface area contributed by atoms with E-state index in [0.29, 0.717) is 12.3 Å². The van der Waals surface area contributed by atoms with E-state index in [1.165, 1.54) is 11.0 Å². The Morgan fingerprint density at radius 2 is 2.38 bits per heavy atom. The molecule has 0 aliphatic rings. The molecule has 0 aliphatic carbocycles. The summed E-state index contributed by atoms with van der Waals surface area (Å²) in [7, 11) is 1.56. The van der Waals surface area contributed by atoms with Crippen molar-refractivity contribution in [3.8, 4) is 6.07 Å². The molecule has 0 unspecified atom stereocenters. The summed E-state index contributed by atoms with van der Waals surface area (Å²) in [6, 6.07) is 5.14. The molecule has 1 amide bonds. The van der Waals surface area contributed by atoms with Crippen molar-refractivity contribution in [2.75, 3.05) is 7.05 Å². The molecule has 1 aromatic heterocycles. The Morgan fingerprint density at radius 1 is 1.69 bits per heavy atom. The van der Waals surface area contributed by atoms with E-state index in [1.807, 2.05) is 13.0 Å². The normalized spacial score (nSPS) is 9.31. The lowest BCUT2D eigenvalue weighted by Crippen LogP contribution is -2.24. The van der Waals surface area contributed by atoms with Gasteiger partial charge in [-0.1, -0.05) is 0 Å². The van der Waals surface area contributed by atoms with Crippen molar-refractivity contribution in [3.05, 3.63) is 23.7 Å². The highest BCUT2D eigenvalue weighted by Crippen LogP contribution is 2.08. The Labute approximate surface area is 76.4 Å². The van der Waals surface area contributed by atoms with Gasteiger partial charge >= 0.3 is 5.91 Å². The van der Waals surface area contributed by atoms with Crippen molar-refractivity contribution >= 4 is 5.91 Å². The van der Waals surface area contributed by atoms with Crippen molar-refractivity contribution in [3.63, 3.8) is 0 Å². The van der Waals surface area contributed by atoms with Crippen molar-refractivity contribution in [1.29, 1.82) is 5.26 Å². The number of nitriles is 1. The van der Waals surface area contributed by atoms with Crippen LogP contribution in [0.25, 0.3) is 0 Å². The molecule has 68 valence electrons. The summed E-state index contributed by atoms with van der Waals surface area (Å²) in [5, 5.41) is 8.32. The third kappa shape index (κ3) is 2.34. The topological polar surface area (TPSA) is 57.2 Å². The summed E-state index contributed by atoms with van der Waals surface area (Å²) < 4.78 is 5.25. The Balaban J connectivity index is 2.60. The Kier molecular flexibility index (Phi) is 2.70. The molecule has 1 rings (SSSR count). The maximum absolute atomic E-state index is 10.8. The van der Waals surface area contributed by atoms with Crippen LogP contribution in [-0.2, 0) is 11.3 Å². The van der Waals surface area contributed by atoms with Crippen LogP contribution in [0.5, 0.6) is 0 Å². The zero-order valence-corrected chi connectivity index (χ0v) is 7.57. The van der Waals surface area contributed by atoms with Crippen LogP contribution in [-0.4, -0.2) is 17.9 Å². The fourth-order valence-corrected chi connectivity index (χ4v) is 0.961. The van der Waals surface area contributed by atoms with Gasteiger partial charge in [0.1, 0.15) is 11.5 Å². The number of aryl methyl sites for hydroxylation is 1. The zero-order chi connectivity index (χ0) is 9.84. The molecule has 1 heterocycles. The molecule has 4 heteroatoms. The van der Waals surface area contributed by atoms with E-state index < -0.39 is 5.91 Å². The summed E-state index contributed by atoms with van der Waals surface area (Å²) in [6.45, 7) is 2.16. The number of hydrogen-bond acceptors (Lipinski definition) is 3. The van der Waals surface area contributed by atoms with Gasteiger partial charge < -0.3 is 9.32 Å². The van der Waals surface area contributed by atoms with Crippen molar-refractivity contribution in [2.45, 2.75) is 13.5 Å². The summed E-state index contributed by atoms with van der Waals surface area (Å²) in [6.07, 6.45) is 0. The van der Waals surface area contributed by atoms with E-state index in [1.54, 1.807) is 13.1 Å². The van der Waals surface area contributed by atoms with Gasteiger partial charge in [0, 0.05) is 7.05 Å². The second-order valence-corrected chi connectivity index (χ2v) is 2.79. The van der Waals surface area contributed by atoms with Crippen LogP contribution in [0, 0.1) is 18.3 Å². The molecule has 0 saturated heterocycles. The van der Waals surface area contributed by atoms with Crippen LogP contribution in [0.4, 0.5) is 0 Å². The van der Waals surface area contributed by atoms with E-state index in [0.717, 1.165) is 5.76 Å². The largest absolute Gasteiger partial charge is 0.464 e. The summed E-state index contributed by atoms with van der Waals surface area (Å²) in [5.41, 5.74) is 0. The summed E-state index contributed by atoms with van der Waals surface area (Å²) in [4.78, 5) is 12.1. The van der Waals surface area contributed by atoms with Crippen molar-refractivity contribution in [1.82, 2.24) is 4.90 Å². The highest BCUT2D eigenvalue weighted by molar-refractivity contribution is 5.90. The predicted octanol–water partition coefficient (Wildman–Crippen LogP) is 1.07. The van der Waals surface area contributed by atoms with E-state index >= 15 is 0 Å². The molecule has 0 aliphatic heterocycles. The molecule has 0 bridgehead atoms. The molecule has 0 atom stereocenters. The van der Waals surface area contributed by atoms with Gasteiger partial charge in [-0.2, -0.15) is 5.26 Å². The quantitative estimate of drug-likeness (QED) is 0.636. The van der Waals surface area contributed by atoms with E-state index in [-0.39, 0.29) is 0 Å². The fraction of sp³-hybridized carbons (Fsp3) is 0.333. The second kappa shape index (κ2) is 3.76. The first-order valence-electron chi connectivity index (χ1n) is 3.84. The third-order valence-electron chi connectivity index (χ3n) is 1.63. The number of hydrogen-bond donors (Lipinski definition) is 0. The van der Waals surface area contributed by atoms with Crippen LogP contribution >= 0.6 is 0 Å². The van der Waals surface area contributed by atoms with Gasteiger partial charge in [0.15, 0.2) is 6.07 Å². The minimum Gasteiger partial charge on any atom is -0.464 e. The SMILES string of the molecule is Cc1ccc(CN(C)C(=O)C#N)o1. The van der Waals surface area contributed by atoms with Gasteiger partial charge in [0.25, 0.3) is 0 Å². The first-order chi connectivity index (χ1) is 6.13. The molecular weight excluding hydrogens is 168 g/mol. The molecule has 0 radical (unpaired) electrons. The maximum atomic E-state index is 10.8. The lowest BCUT2D eigenvalue weighted by molar-refractivity contribution is -0.124. The number of furan rings is 1. The molecule has 0 N–H and O–H groups in total. The average Bonchev–Trinajstić information content (AvgIpc) is 2.49. The standard InChI is InChI=1S/C9H10N2O2/c1-7-3-4-8(13-7)6-11(2)9(12)5-10/h3-4H,6H2,1-2H3. The first-order valence-corrected chi connectivity index (χ1v) is 3.84. The molecule has 0 fully saturated rings. The second-order valence-electron chi connectivity index (χ2n) is 2.79. The van der Waals surface area contributed by atoms with E-state index in [4.69, 9.17) is 9.68 Å². The van der Waals surface area contributed by atoms with Gasteiger partial charge in [0.2, 0.25) is 0 Å². The third-order valence-corrected chi connectivity index (χ3v) is 1.63. The van der Waals surface area contributed by atoms with Crippen LogP contribution in [0.15, 0.2) is 16.5 Å². The predicted molar refractivity (Wildman–Crippen MR) is 45.5 cm³/mol. The van der Waals surface area contributed by atoms with Gasteiger partial charge in [-0.15, -0.1) is 0 Å². The minimum atomic E-state index is -0.561. The number of rotatable bonds is 2. The monoisotopic (exact) mass is 178 g/mol. The molecule has 0 aromatic carbocycles. The van der Waals surface area contributed by atoms with Crippen LogP contribution in [0.1, 0.15) is 11.5 Å². The van der Waals surface area contributed by atoms with Crippen LogP contribution in [0.2, 0.25) is 0 Å². The average molecular weight is 178 g/mol. The molecule has 13 heavy (non-hydrogen) atoms. The van der Waals surface area contributed by atoms with Crippen molar-refractivity contribution < 1.29 is 9.21 Å². The highest BCUT2D eigenvalue weighted by atomic mass is 16.3. The van der Waals surface area contributed by atoms with E-state index in [9.17, 15) is 4.79 Å². The first kappa shape index (κ1) is 9.33. The number of carbonyl (C=O) groups excluding carboxylic acids is 1. The smallest absolute Gasteiger partial charge is 0.325 e. The Bertz CT molecular complexity index is 349. The molecule has 4 nitrogen and oxygen atoms in total. The van der Waals surface area contributed by atoms with Crippen LogP contribution < -0.4 is 0 Å². The van der Waals surface area contributed by atoms with E-state index in [2.05, 4.69) is 0 Å². The van der Waals surface area contributed by atoms with Gasteiger partial charge in [-0.25, -0.2) is 0 Å². The zero-order valence-electron chi connectivity index (χ0n) is 7.57. The fourth-order valence-electron chi connectivity index (χ4n) is 0.961.